The van der Waals surface area contributed by atoms with Crippen LogP contribution in [-0.2, 0) is 6.42 Å². The van der Waals surface area contributed by atoms with Crippen molar-refractivity contribution in [2.75, 3.05) is 23.8 Å². The average Bonchev–Trinajstić information content (AvgIpc) is 2.92. The number of anilines is 2. The Morgan fingerprint density at radius 1 is 1.26 bits per heavy atom. The molecular formula is C15H26N4. The van der Waals surface area contributed by atoms with E-state index in [1.165, 1.54) is 25.7 Å². The van der Waals surface area contributed by atoms with Gasteiger partial charge in [-0.25, -0.2) is 9.97 Å². The molecule has 1 heterocycles. The molecule has 19 heavy (non-hydrogen) atoms. The van der Waals surface area contributed by atoms with Crippen LogP contribution in [0.2, 0.25) is 0 Å². The zero-order valence-electron chi connectivity index (χ0n) is 12.4. The van der Waals surface area contributed by atoms with Crippen LogP contribution in [0.5, 0.6) is 0 Å². The Bertz CT molecular complexity index is 375. The number of hydrogen-bond donors (Lipinski definition) is 1. The van der Waals surface area contributed by atoms with E-state index in [9.17, 15) is 0 Å². The molecule has 0 saturated heterocycles. The van der Waals surface area contributed by atoms with E-state index >= 15 is 0 Å². The summed E-state index contributed by atoms with van der Waals surface area (Å²) < 4.78 is 0. The van der Waals surface area contributed by atoms with Gasteiger partial charge >= 0.3 is 0 Å². The Kier molecular flexibility index (Phi) is 5.00. The van der Waals surface area contributed by atoms with Crippen molar-refractivity contribution in [3.05, 3.63) is 11.9 Å². The largest absolute Gasteiger partial charge is 0.370 e. The highest BCUT2D eigenvalue weighted by atomic mass is 15.2. The summed E-state index contributed by atoms with van der Waals surface area (Å²) in [5.41, 5.74) is 0. The first-order valence-electron chi connectivity index (χ1n) is 7.59. The second-order valence-electron chi connectivity index (χ2n) is 5.36. The number of hydrogen-bond acceptors (Lipinski definition) is 4. The number of aryl methyl sites for hydroxylation is 1. The van der Waals surface area contributed by atoms with Crippen molar-refractivity contribution in [1.82, 2.24) is 9.97 Å². The number of nitrogens with zero attached hydrogens (tertiary/aromatic N) is 3. The van der Waals surface area contributed by atoms with Crippen LogP contribution in [0.25, 0.3) is 0 Å². The highest BCUT2D eigenvalue weighted by molar-refractivity contribution is 5.49. The smallest absolute Gasteiger partial charge is 0.134 e. The van der Waals surface area contributed by atoms with Gasteiger partial charge in [-0.3, -0.25) is 0 Å². The molecule has 0 radical (unpaired) electrons. The van der Waals surface area contributed by atoms with E-state index in [4.69, 9.17) is 4.98 Å². The van der Waals surface area contributed by atoms with E-state index in [1.54, 1.807) is 0 Å². The first kappa shape index (κ1) is 14.1. The van der Waals surface area contributed by atoms with Crippen LogP contribution in [0.1, 0.15) is 51.8 Å². The second-order valence-corrected chi connectivity index (χ2v) is 5.36. The fourth-order valence-electron chi connectivity index (χ4n) is 2.75. The second kappa shape index (κ2) is 6.73. The van der Waals surface area contributed by atoms with E-state index < -0.39 is 0 Å². The lowest BCUT2D eigenvalue weighted by atomic mass is 10.2. The third-order valence-corrected chi connectivity index (χ3v) is 3.82. The van der Waals surface area contributed by atoms with Crippen LogP contribution in [0.4, 0.5) is 11.6 Å². The van der Waals surface area contributed by atoms with Gasteiger partial charge in [0.2, 0.25) is 0 Å². The minimum Gasteiger partial charge on any atom is -0.370 e. The molecule has 0 bridgehead atoms. The minimum atomic E-state index is 0.652. The Morgan fingerprint density at radius 3 is 2.63 bits per heavy atom. The van der Waals surface area contributed by atoms with Crippen LogP contribution < -0.4 is 10.2 Å². The SMILES string of the molecule is CCCc1nc(NCC)cc(N(C)C2CCCC2)n1. The third-order valence-electron chi connectivity index (χ3n) is 3.82. The lowest BCUT2D eigenvalue weighted by Gasteiger charge is -2.26. The average molecular weight is 262 g/mol. The van der Waals surface area contributed by atoms with Gasteiger partial charge in [0.15, 0.2) is 0 Å². The van der Waals surface area contributed by atoms with Crippen molar-refractivity contribution in [2.24, 2.45) is 0 Å². The normalized spacial score (nSPS) is 15.7. The molecule has 1 saturated carbocycles. The fourth-order valence-corrected chi connectivity index (χ4v) is 2.75. The summed E-state index contributed by atoms with van der Waals surface area (Å²) in [6.07, 6.45) is 7.32. The van der Waals surface area contributed by atoms with Crippen molar-refractivity contribution in [3.8, 4) is 0 Å². The van der Waals surface area contributed by atoms with E-state index in [2.05, 4.69) is 42.2 Å². The number of aromatic nitrogens is 2. The molecular weight excluding hydrogens is 236 g/mol. The zero-order valence-corrected chi connectivity index (χ0v) is 12.4. The molecule has 0 aromatic carbocycles. The van der Waals surface area contributed by atoms with Gasteiger partial charge < -0.3 is 10.2 Å². The van der Waals surface area contributed by atoms with Crippen molar-refractivity contribution in [3.63, 3.8) is 0 Å². The van der Waals surface area contributed by atoms with Gasteiger partial charge in [-0.2, -0.15) is 0 Å². The fraction of sp³-hybridized carbons (Fsp3) is 0.733. The van der Waals surface area contributed by atoms with E-state index in [0.29, 0.717) is 6.04 Å². The molecule has 4 heteroatoms. The van der Waals surface area contributed by atoms with Crippen molar-refractivity contribution in [1.29, 1.82) is 0 Å². The lowest BCUT2D eigenvalue weighted by Crippen LogP contribution is -2.30. The molecule has 1 N–H and O–H groups in total. The summed E-state index contributed by atoms with van der Waals surface area (Å²) in [5, 5.41) is 3.31. The van der Waals surface area contributed by atoms with E-state index in [0.717, 1.165) is 36.8 Å². The van der Waals surface area contributed by atoms with Crippen LogP contribution in [0, 0.1) is 0 Å². The number of rotatable bonds is 6. The highest BCUT2D eigenvalue weighted by Gasteiger charge is 2.21. The topological polar surface area (TPSA) is 41.1 Å². The molecule has 1 aromatic rings. The molecule has 4 nitrogen and oxygen atoms in total. The van der Waals surface area contributed by atoms with Crippen LogP contribution in [0.15, 0.2) is 6.07 Å². The van der Waals surface area contributed by atoms with Crippen molar-refractivity contribution >= 4 is 11.6 Å². The monoisotopic (exact) mass is 262 g/mol. The zero-order chi connectivity index (χ0) is 13.7. The maximum atomic E-state index is 4.72. The quantitative estimate of drug-likeness (QED) is 0.854. The van der Waals surface area contributed by atoms with E-state index in [1.807, 2.05) is 0 Å². The first-order valence-corrected chi connectivity index (χ1v) is 7.59. The number of nitrogens with one attached hydrogen (secondary N) is 1. The molecule has 106 valence electrons. The minimum absolute atomic E-state index is 0.652. The molecule has 1 fully saturated rings. The van der Waals surface area contributed by atoms with Gasteiger partial charge in [0.05, 0.1) is 0 Å². The molecule has 0 amide bonds. The maximum absolute atomic E-state index is 4.72. The molecule has 1 aromatic heterocycles. The summed E-state index contributed by atoms with van der Waals surface area (Å²) in [4.78, 5) is 11.6. The maximum Gasteiger partial charge on any atom is 0.134 e. The predicted octanol–water partition coefficient (Wildman–Crippen LogP) is 3.24. The summed E-state index contributed by atoms with van der Waals surface area (Å²) in [5.74, 6) is 2.99. The van der Waals surface area contributed by atoms with E-state index in [-0.39, 0.29) is 0 Å². The Balaban J connectivity index is 2.21. The Morgan fingerprint density at radius 2 is 2.00 bits per heavy atom. The van der Waals surface area contributed by atoms with Crippen molar-refractivity contribution in [2.45, 2.75) is 58.4 Å². The molecule has 0 unspecified atom stereocenters. The van der Waals surface area contributed by atoms with Crippen LogP contribution in [-0.4, -0.2) is 29.6 Å². The van der Waals surface area contributed by atoms with Gasteiger partial charge in [0.25, 0.3) is 0 Å². The Hall–Kier alpha value is -1.32. The molecule has 1 aliphatic carbocycles. The molecule has 0 spiro atoms. The molecule has 0 atom stereocenters. The third kappa shape index (κ3) is 3.58. The molecule has 2 rings (SSSR count). The molecule has 1 aliphatic rings. The summed E-state index contributed by atoms with van der Waals surface area (Å²) in [6.45, 7) is 5.17. The summed E-state index contributed by atoms with van der Waals surface area (Å²) in [6, 6.07) is 2.74. The lowest BCUT2D eigenvalue weighted by molar-refractivity contribution is 0.643. The first-order chi connectivity index (χ1) is 9.24. The van der Waals surface area contributed by atoms with Crippen LogP contribution in [0.3, 0.4) is 0 Å². The van der Waals surface area contributed by atoms with Gasteiger partial charge in [0.1, 0.15) is 17.5 Å². The highest BCUT2D eigenvalue weighted by Crippen LogP contribution is 2.27. The van der Waals surface area contributed by atoms with Gasteiger partial charge in [0, 0.05) is 32.1 Å². The standard InChI is InChI=1S/C15H26N4/c1-4-8-13-17-14(16-5-2)11-15(18-13)19(3)12-9-6-7-10-12/h11-12H,4-10H2,1-3H3,(H,16,17,18). The molecule has 0 aliphatic heterocycles. The van der Waals surface area contributed by atoms with Crippen molar-refractivity contribution < 1.29 is 0 Å². The van der Waals surface area contributed by atoms with Gasteiger partial charge in [-0.05, 0) is 26.2 Å². The van der Waals surface area contributed by atoms with Gasteiger partial charge in [-0.1, -0.05) is 19.8 Å². The summed E-state index contributed by atoms with van der Waals surface area (Å²) >= 11 is 0. The summed E-state index contributed by atoms with van der Waals surface area (Å²) in [7, 11) is 2.17. The van der Waals surface area contributed by atoms with Crippen LogP contribution >= 0.6 is 0 Å². The Labute approximate surface area is 116 Å². The van der Waals surface area contributed by atoms with Gasteiger partial charge in [-0.15, -0.1) is 0 Å². The predicted molar refractivity (Wildman–Crippen MR) is 80.8 cm³/mol.